The molecular formula is C22H53N2O4Si4+. The molecule has 0 bridgehead atoms. The van der Waals surface area contributed by atoms with Gasteiger partial charge in [0.2, 0.25) is 5.91 Å². The van der Waals surface area contributed by atoms with Gasteiger partial charge in [-0.25, -0.2) is 0 Å². The highest BCUT2D eigenvalue weighted by molar-refractivity contribution is 6.94. The summed E-state index contributed by atoms with van der Waals surface area (Å²) in [7, 11) is -1.01. The first-order valence-corrected chi connectivity index (χ1v) is 21.6. The molecule has 0 rings (SSSR count). The predicted molar refractivity (Wildman–Crippen MR) is 144 cm³/mol. The van der Waals surface area contributed by atoms with Crippen LogP contribution in [0.15, 0.2) is 0 Å². The Kier molecular flexibility index (Phi) is 17.5. The summed E-state index contributed by atoms with van der Waals surface area (Å²) in [5.41, 5.74) is 1.30. The number of nitrogens with zero attached hydrogens (tertiary/aromatic N) is 1. The highest BCUT2D eigenvalue weighted by atomic mass is 28.5. The van der Waals surface area contributed by atoms with Gasteiger partial charge in [-0.1, -0.05) is 21.3 Å². The molecule has 0 aromatic heterocycles. The molecule has 0 fully saturated rings. The second-order valence-electron chi connectivity index (χ2n) is 10.8. The molecule has 0 radical (unpaired) electrons. The largest absolute Gasteiger partial charge is 0.455 e. The van der Waals surface area contributed by atoms with Gasteiger partial charge in [-0.15, -0.1) is 0 Å². The minimum Gasteiger partial charge on any atom is -0.455 e. The average molecular weight is 522 g/mol. The number of unbranched alkanes of at least 4 members (excludes halogenated alkanes) is 2. The average Bonchev–Trinajstić information content (AvgIpc) is 2.62. The van der Waals surface area contributed by atoms with Gasteiger partial charge < -0.3 is 22.8 Å². The van der Waals surface area contributed by atoms with Crippen molar-refractivity contribution in [2.24, 2.45) is 0 Å². The summed E-state index contributed by atoms with van der Waals surface area (Å²) in [5, 5.41) is 3.06. The highest BCUT2D eigenvalue weighted by Gasteiger charge is 2.42. The lowest BCUT2D eigenvalue weighted by atomic mass is 10.2. The van der Waals surface area contributed by atoms with E-state index >= 15 is 0 Å². The van der Waals surface area contributed by atoms with E-state index in [1.807, 2.05) is 13.8 Å². The van der Waals surface area contributed by atoms with Gasteiger partial charge in [0.25, 0.3) is 17.4 Å². The maximum absolute atomic E-state index is 12.6. The monoisotopic (exact) mass is 521 g/mol. The Morgan fingerprint density at radius 3 is 1.88 bits per heavy atom. The van der Waals surface area contributed by atoms with E-state index in [1.54, 1.807) is 0 Å². The number of amides is 1. The fourth-order valence-corrected chi connectivity index (χ4v) is 22.8. The van der Waals surface area contributed by atoms with Crippen LogP contribution in [-0.4, -0.2) is 78.6 Å². The number of hydrogen-bond donors (Lipinski definition) is 1. The van der Waals surface area contributed by atoms with Gasteiger partial charge in [0.05, 0.1) is 27.7 Å². The lowest BCUT2D eigenvalue weighted by Crippen LogP contribution is -2.50. The van der Waals surface area contributed by atoms with E-state index in [1.165, 1.54) is 0 Å². The van der Waals surface area contributed by atoms with Crippen molar-refractivity contribution >= 4 is 39.9 Å². The number of carbonyl (C=O) groups excluding carboxylic acids is 1. The number of hydrogen-bond acceptors (Lipinski definition) is 4. The molecule has 0 aliphatic rings. The number of nitrogens with one attached hydrogen (secondary N) is 1. The molecule has 0 saturated carbocycles. The fourth-order valence-electron chi connectivity index (χ4n) is 3.76. The van der Waals surface area contributed by atoms with E-state index in [-0.39, 0.29) is 13.3 Å². The fraction of sp³-hybridized carbons (Fsp3) is 0.955. The first kappa shape index (κ1) is 34.0. The molecule has 0 heterocycles. The third kappa shape index (κ3) is 18.3. The molecule has 0 atom stereocenters. The van der Waals surface area contributed by atoms with Crippen molar-refractivity contribution in [3.05, 3.63) is 0 Å². The Morgan fingerprint density at radius 2 is 1.44 bits per heavy atom. The Hall–Kier alpha value is -0.142. The summed E-state index contributed by atoms with van der Waals surface area (Å²) in [6.45, 7) is 12.2. The molecule has 1 N–H and O–H groups in total. The zero-order valence-corrected chi connectivity index (χ0v) is 25.6. The highest BCUT2D eigenvalue weighted by Crippen LogP contribution is 2.29. The van der Waals surface area contributed by atoms with E-state index < -0.39 is 34.0 Å². The van der Waals surface area contributed by atoms with Crippen LogP contribution in [-0.2, 0) is 17.8 Å². The van der Waals surface area contributed by atoms with E-state index in [2.05, 4.69) is 46.1 Å². The van der Waals surface area contributed by atoms with Crippen LogP contribution in [0, 0.1) is 0 Å². The molecule has 0 aliphatic carbocycles. The van der Waals surface area contributed by atoms with Gasteiger partial charge in [-0.3, -0.25) is 4.79 Å². The summed E-state index contributed by atoms with van der Waals surface area (Å²) in [6, 6.07) is 2.21. The second-order valence-corrected chi connectivity index (χ2v) is 25.1. The minimum absolute atomic E-state index is 0. The maximum atomic E-state index is 12.6. The third-order valence-corrected chi connectivity index (χ3v) is 20.5. The second kappa shape index (κ2) is 16.5. The Bertz CT molecular complexity index is 557. The van der Waals surface area contributed by atoms with Gasteiger partial charge >= 0.3 is 0 Å². The topological polar surface area (TPSA) is 72.5 Å². The van der Waals surface area contributed by atoms with Gasteiger partial charge in [0.1, 0.15) is 0 Å². The van der Waals surface area contributed by atoms with Gasteiger partial charge in [0.15, 0.2) is 16.6 Å². The van der Waals surface area contributed by atoms with Crippen LogP contribution in [0.25, 0.3) is 0 Å². The summed E-state index contributed by atoms with van der Waals surface area (Å²) >= 11 is 0. The molecule has 32 heavy (non-hydrogen) atoms. The van der Waals surface area contributed by atoms with Crippen molar-refractivity contribution in [3.63, 3.8) is 0 Å². The van der Waals surface area contributed by atoms with Gasteiger partial charge in [-0.2, -0.15) is 0 Å². The molecule has 0 aromatic carbocycles. The Labute approximate surface area is 204 Å². The van der Waals surface area contributed by atoms with E-state index in [4.69, 9.17) is 4.12 Å². The molecule has 0 aliphatic heterocycles. The summed E-state index contributed by atoms with van der Waals surface area (Å²) in [6.07, 6.45) is 4.56. The van der Waals surface area contributed by atoms with Crippen molar-refractivity contribution < 1.29 is 22.3 Å². The van der Waals surface area contributed by atoms with Crippen molar-refractivity contribution in [2.45, 2.75) is 102 Å². The van der Waals surface area contributed by atoms with E-state index in [9.17, 15) is 13.7 Å². The molecule has 0 saturated heterocycles. The Balaban J connectivity index is 0. The summed E-state index contributed by atoms with van der Waals surface area (Å²) in [5.74, 6) is 0.118. The lowest BCUT2D eigenvalue weighted by molar-refractivity contribution is -0.870. The molecular weight excluding hydrogens is 469 g/mol. The van der Waals surface area contributed by atoms with Gasteiger partial charge in [-0.05, 0) is 63.5 Å². The van der Waals surface area contributed by atoms with Crippen LogP contribution in [0.2, 0.25) is 49.1 Å². The minimum atomic E-state index is -2.35. The standard InChI is InChI=1S/C21H48N2O4Si4.CH4/c1-9-28(25)19-31(20-29(26)10-2,27-30(6,7)8)18-14-16-22-21(24)15-12-11-13-17-23(3,4)5;/h9-20H2,1-8H3;1H4/p+1. The summed E-state index contributed by atoms with van der Waals surface area (Å²) < 4.78 is 32.8. The molecule has 0 unspecified atom stereocenters. The smallest absolute Gasteiger partial charge is 0.275 e. The molecule has 0 aromatic rings. The maximum Gasteiger partial charge on any atom is 0.275 e. The van der Waals surface area contributed by atoms with Crippen molar-refractivity contribution in [1.29, 1.82) is 0 Å². The molecule has 1 amide bonds. The van der Waals surface area contributed by atoms with Crippen LogP contribution in [0.1, 0.15) is 53.4 Å². The van der Waals surface area contributed by atoms with E-state index in [0.717, 1.165) is 42.8 Å². The zero-order chi connectivity index (χ0) is 24.1. The normalized spacial score (nSPS) is 12.2. The van der Waals surface area contributed by atoms with Crippen molar-refractivity contribution in [1.82, 2.24) is 5.32 Å². The summed E-state index contributed by atoms with van der Waals surface area (Å²) in [4.78, 5) is 12.2. The SMILES string of the molecule is C.CC[Si](=O)C[Si](CCCNC(=O)CCCCC[N+](C)(C)C)(C[Si](=O)CC)O[Si](C)(C)C. The third-order valence-electron chi connectivity index (χ3n) is 5.21. The first-order chi connectivity index (χ1) is 14.2. The number of rotatable bonds is 18. The molecule has 6 nitrogen and oxygen atoms in total. The molecule has 10 heteroatoms. The number of carbonyl (C=O) groups is 1. The predicted octanol–water partition coefficient (Wildman–Crippen LogP) is 5.15. The quantitative estimate of drug-likeness (QED) is 0.154. The lowest BCUT2D eigenvalue weighted by Gasteiger charge is -2.37. The van der Waals surface area contributed by atoms with Crippen LogP contribution in [0.3, 0.4) is 0 Å². The first-order valence-electron chi connectivity index (χ1n) is 12.0. The van der Waals surface area contributed by atoms with Crippen LogP contribution < -0.4 is 5.32 Å². The molecule has 190 valence electrons. The van der Waals surface area contributed by atoms with E-state index in [0.29, 0.717) is 36.4 Å². The number of quaternary nitrogens is 1. The van der Waals surface area contributed by atoms with Crippen molar-refractivity contribution in [3.8, 4) is 0 Å². The van der Waals surface area contributed by atoms with Crippen LogP contribution >= 0.6 is 0 Å². The van der Waals surface area contributed by atoms with Crippen LogP contribution in [0.5, 0.6) is 0 Å². The van der Waals surface area contributed by atoms with Crippen molar-refractivity contribution in [2.75, 3.05) is 34.2 Å². The molecule has 0 spiro atoms. The van der Waals surface area contributed by atoms with Crippen LogP contribution in [0.4, 0.5) is 0 Å². The Morgan fingerprint density at radius 1 is 0.906 bits per heavy atom. The van der Waals surface area contributed by atoms with Gasteiger partial charge in [0, 0.05) is 24.3 Å². The zero-order valence-electron chi connectivity index (χ0n) is 21.6.